The fourth-order valence-electron chi connectivity index (χ4n) is 3.32. The summed E-state index contributed by atoms with van der Waals surface area (Å²) in [4.78, 5) is 22.8. The summed E-state index contributed by atoms with van der Waals surface area (Å²) in [5.41, 5.74) is 8.04. The van der Waals surface area contributed by atoms with Crippen molar-refractivity contribution in [2.24, 2.45) is 11.7 Å². The van der Waals surface area contributed by atoms with Crippen molar-refractivity contribution in [3.05, 3.63) is 82.9 Å². The van der Waals surface area contributed by atoms with Crippen LogP contribution in [0.4, 0.5) is 0 Å². The molecule has 8 heteroatoms. The Morgan fingerprint density at radius 3 is 1.47 bits per heavy atom. The molecule has 0 spiro atoms. The first kappa shape index (κ1) is 25.9. The predicted molar refractivity (Wildman–Crippen MR) is 129 cm³/mol. The molecule has 164 valence electrons. The maximum Gasteiger partial charge on any atom is 0.255 e. The first-order chi connectivity index (χ1) is 15.2. The van der Waals surface area contributed by atoms with Crippen LogP contribution in [0.2, 0.25) is 13.1 Å². The molecule has 0 fully saturated rings. The number of hydrazine groups is 2. The molecule has 0 radical (unpaired) electrons. The molecule has 6 N–H and O–H groups in total. The molecule has 0 atom stereocenters. The Hall–Kier alpha value is -2.38. The second kappa shape index (κ2) is 12.0. The molecular formula is C24H28N4O2SiZr. The number of amides is 2. The maximum absolute atomic E-state index is 11.4. The molecule has 2 amide bonds. The third-order valence-corrected chi connectivity index (χ3v) is 4.54. The number of rotatable bonds is 2. The quantitative estimate of drug-likeness (QED) is 0.105. The number of nitrogen functional groups attached to an aromatic ring is 2. The zero-order chi connectivity index (χ0) is 23.8. The summed E-state index contributed by atoms with van der Waals surface area (Å²) in [5.74, 6) is 9.71. The topological polar surface area (TPSA) is 110 Å². The molecule has 32 heavy (non-hydrogen) atoms. The van der Waals surface area contributed by atoms with Crippen molar-refractivity contribution in [1.29, 1.82) is 0 Å². The van der Waals surface area contributed by atoms with E-state index in [9.17, 15) is 9.59 Å². The summed E-state index contributed by atoms with van der Waals surface area (Å²) in [6.45, 7) is 8.63. The third kappa shape index (κ3) is 6.81. The van der Waals surface area contributed by atoms with Gasteiger partial charge in [0.2, 0.25) is 0 Å². The predicted octanol–water partition coefficient (Wildman–Crippen LogP) is 3.73. The van der Waals surface area contributed by atoms with Gasteiger partial charge in [0.05, 0.1) is 0 Å². The van der Waals surface area contributed by atoms with Crippen molar-refractivity contribution in [3.63, 3.8) is 0 Å². The number of fused-ring (bicyclic) bond motifs is 2. The van der Waals surface area contributed by atoms with Crippen molar-refractivity contribution in [2.75, 3.05) is 0 Å². The Morgan fingerprint density at radius 1 is 0.812 bits per heavy atom. The van der Waals surface area contributed by atoms with E-state index in [0.29, 0.717) is 11.1 Å². The molecular weight excluding hydrogens is 496 g/mol. The Labute approximate surface area is 203 Å². The number of nitrogens with two attached hydrogens (primary N) is 2. The fraction of sp³-hybridized carbons (Fsp3) is 0.167. The van der Waals surface area contributed by atoms with E-state index in [1.807, 2.05) is 62.4 Å². The van der Waals surface area contributed by atoms with Gasteiger partial charge in [-0.25, -0.2) is 11.7 Å². The van der Waals surface area contributed by atoms with Crippen molar-refractivity contribution in [3.8, 4) is 0 Å². The number of hydrogen-bond donors (Lipinski definition) is 4. The van der Waals surface area contributed by atoms with Crippen LogP contribution in [0.1, 0.15) is 31.8 Å². The summed E-state index contributed by atoms with van der Waals surface area (Å²) >= 11 is 1.74. The van der Waals surface area contributed by atoms with Gasteiger partial charge in [-0.2, -0.15) is 12.1 Å². The van der Waals surface area contributed by atoms with E-state index in [4.69, 9.17) is 11.7 Å². The van der Waals surface area contributed by atoms with E-state index >= 15 is 0 Å². The molecule has 0 saturated carbocycles. The van der Waals surface area contributed by atoms with E-state index in [1.165, 1.54) is 0 Å². The Morgan fingerprint density at radius 2 is 1.16 bits per heavy atom. The minimum atomic E-state index is -0.249. The van der Waals surface area contributed by atoms with Gasteiger partial charge in [0.25, 0.3) is 11.8 Å². The van der Waals surface area contributed by atoms with Gasteiger partial charge in [-0.15, -0.1) is 69.1 Å². The van der Waals surface area contributed by atoms with E-state index in [1.54, 1.807) is 35.5 Å². The Bertz CT molecular complexity index is 1160. The number of carbonyl (C=O) groups is 2. The van der Waals surface area contributed by atoms with Crippen LogP contribution in [-0.2, 0) is 23.3 Å². The van der Waals surface area contributed by atoms with Gasteiger partial charge in [-0.1, -0.05) is 26.0 Å². The normalized spacial score (nSPS) is 10.0. The van der Waals surface area contributed by atoms with Crippen molar-refractivity contribution >= 4 is 38.8 Å². The van der Waals surface area contributed by atoms with Gasteiger partial charge >= 0.3 is 41.9 Å². The number of benzene rings is 2. The van der Waals surface area contributed by atoms with E-state index in [2.05, 4.69) is 23.9 Å². The van der Waals surface area contributed by atoms with Crippen LogP contribution in [0.15, 0.2) is 60.7 Å². The molecule has 0 heterocycles. The van der Waals surface area contributed by atoms with Crippen LogP contribution in [0.25, 0.3) is 21.5 Å². The van der Waals surface area contributed by atoms with Crippen LogP contribution < -0.4 is 22.5 Å². The first-order valence-corrected chi connectivity index (χ1v) is 16.2. The molecule has 0 aliphatic carbocycles. The van der Waals surface area contributed by atoms with Gasteiger partial charge in [0.15, 0.2) is 0 Å². The number of hydrogen-bond acceptors (Lipinski definition) is 4. The van der Waals surface area contributed by atoms with E-state index in [0.717, 1.165) is 32.7 Å². The number of aryl methyl sites for hydroxylation is 2. The van der Waals surface area contributed by atoms with Gasteiger partial charge in [0, 0.05) is 0 Å². The van der Waals surface area contributed by atoms with E-state index in [-0.39, 0.29) is 17.2 Å². The largest absolute Gasteiger partial charge is 0.291 e. The van der Waals surface area contributed by atoms with Gasteiger partial charge in [-0.3, -0.25) is 20.4 Å². The Kier molecular flexibility index (Phi) is 9.72. The maximum atomic E-state index is 11.4. The van der Waals surface area contributed by atoms with Crippen LogP contribution in [0.3, 0.4) is 0 Å². The molecule has 0 saturated heterocycles. The SMILES string of the molecule is C[Si](C)=[Zr+2].Cc1cc2c(C(=O)NN)cccc2[cH-]1.Cc1cc2c(C(=O)NN)cccc2[cH-]1. The van der Waals surface area contributed by atoms with Gasteiger partial charge in [-0.05, 0) is 11.1 Å². The second-order valence-electron chi connectivity index (χ2n) is 7.63. The second-order valence-corrected chi connectivity index (χ2v) is 17.0. The van der Waals surface area contributed by atoms with Gasteiger partial charge < -0.3 is 0 Å². The molecule has 0 bridgehead atoms. The zero-order valence-corrected chi connectivity index (χ0v) is 22.2. The monoisotopic (exact) mass is 522 g/mol. The molecule has 6 nitrogen and oxygen atoms in total. The average Bonchev–Trinajstić information content (AvgIpc) is 3.32. The summed E-state index contributed by atoms with van der Waals surface area (Å²) < 4.78 is 0. The molecule has 0 unspecified atom stereocenters. The van der Waals surface area contributed by atoms with Crippen molar-refractivity contribution in [2.45, 2.75) is 26.9 Å². The minimum Gasteiger partial charge on any atom is -0.291 e. The van der Waals surface area contributed by atoms with Crippen LogP contribution in [0, 0.1) is 13.8 Å². The van der Waals surface area contributed by atoms with Crippen molar-refractivity contribution in [1.82, 2.24) is 10.9 Å². The minimum absolute atomic E-state index is 0.210. The smallest absolute Gasteiger partial charge is 0.255 e. The first-order valence-electron chi connectivity index (χ1n) is 10.0. The van der Waals surface area contributed by atoms with Crippen LogP contribution in [-0.4, -0.2) is 17.2 Å². The number of carbonyl (C=O) groups excluding carboxylic acids is 2. The molecule has 4 rings (SSSR count). The molecule has 0 aliphatic heterocycles. The molecule has 0 aliphatic rings. The van der Waals surface area contributed by atoms with Crippen LogP contribution >= 0.6 is 0 Å². The average molecular weight is 524 g/mol. The fourth-order valence-corrected chi connectivity index (χ4v) is 3.32. The molecule has 4 aromatic rings. The van der Waals surface area contributed by atoms with Gasteiger partial charge in [0.1, 0.15) is 0 Å². The summed E-state index contributed by atoms with van der Waals surface area (Å²) in [5, 5.41) is 4.05. The summed E-state index contributed by atoms with van der Waals surface area (Å²) in [6, 6.07) is 19.3. The van der Waals surface area contributed by atoms with Crippen LogP contribution in [0.5, 0.6) is 0 Å². The molecule has 0 aromatic heterocycles. The van der Waals surface area contributed by atoms with Crippen molar-refractivity contribution < 1.29 is 32.9 Å². The summed E-state index contributed by atoms with van der Waals surface area (Å²) in [7, 11) is 0. The van der Waals surface area contributed by atoms with E-state index < -0.39 is 0 Å². The Balaban J connectivity index is 0.000000195. The molecule has 4 aromatic carbocycles. The zero-order valence-electron chi connectivity index (χ0n) is 18.7. The summed E-state index contributed by atoms with van der Waals surface area (Å²) in [6.07, 6.45) is 0. The third-order valence-electron chi connectivity index (χ3n) is 4.54. The number of nitrogens with one attached hydrogen (secondary N) is 2. The standard InChI is InChI=1S/2C11H11N2O.C2H6Si.Zr/c2*1-7-5-8-3-2-4-9(10(8)6-7)11(14)13-12;1-3-2;/h2*2-6H,12H2,1H3,(H,13,14);1-2H3;/q2*-1;;+2.